The van der Waals surface area contributed by atoms with Crippen molar-refractivity contribution in [1.29, 1.82) is 0 Å². The van der Waals surface area contributed by atoms with Crippen molar-refractivity contribution in [2.45, 2.75) is 6.18 Å². The van der Waals surface area contributed by atoms with Crippen molar-refractivity contribution in [2.75, 3.05) is 0 Å². The van der Waals surface area contributed by atoms with Crippen molar-refractivity contribution in [3.63, 3.8) is 0 Å². The van der Waals surface area contributed by atoms with Crippen LogP contribution in [0.15, 0.2) is 30.3 Å². The molecule has 0 atom stereocenters. The number of aromatic nitrogens is 2. The summed E-state index contributed by atoms with van der Waals surface area (Å²) in [6.45, 7) is 0. The summed E-state index contributed by atoms with van der Waals surface area (Å²) < 4.78 is 55.7. The van der Waals surface area contributed by atoms with Crippen molar-refractivity contribution < 1.29 is 22.3 Å². The molecule has 19 heavy (non-hydrogen) atoms. The number of rotatable bonds is 2. The van der Waals surface area contributed by atoms with E-state index in [9.17, 15) is 17.6 Å². The predicted octanol–water partition coefficient (Wildman–Crippen LogP) is 4.08. The quantitative estimate of drug-likeness (QED) is 0.618. The molecule has 0 aliphatic heterocycles. The molecule has 8 heteroatoms. The Kier molecular flexibility index (Phi) is 3.57. The molecule has 100 valence electrons. The SMILES string of the molecule is Fc1ccccc1Oc1cc(C(F)(F)F)nc(Cl)n1. The van der Waals surface area contributed by atoms with Crippen LogP contribution >= 0.6 is 11.6 Å². The smallest absolute Gasteiger partial charge is 0.433 e. The zero-order valence-corrected chi connectivity index (χ0v) is 9.84. The van der Waals surface area contributed by atoms with Crippen LogP contribution in [0.25, 0.3) is 0 Å². The van der Waals surface area contributed by atoms with Crippen molar-refractivity contribution >= 4 is 11.6 Å². The summed E-state index contributed by atoms with van der Waals surface area (Å²) in [6.07, 6.45) is -4.69. The first-order valence-electron chi connectivity index (χ1n) is 4.90. The molecule has 1 heterocycles. The second-order valence-electron chi connectivity index (χ2n) is 3.39. The van der Waals surface area contributed by atoms with Gasteiger partial charge in [-0.25, -0.2) is 9.37 Å². The van der Waals surface area contributed by atoms with Gasteiger partial charge in [-0.3, -0.25) is 0 Å². The number of para-hydroxylation sites is 1. The van der Waals surface area contributed by atoms with E-state index in [0.717, 1.165) is 6.07 Å². The van der Waals surface area contributed by atoms with Crippen LogP contribution in [-0.2, 0) is 6.18 Å². The van der Waals surface area contributed by atoms with Gasteiger partial charge in [0.05, 0.1) is 0 Å². The Bertz CT molecular complexity index is 603. The summed E-state index contributed by atoms with van der Waals surface area (Å²) >= 11 is 5.37. The van der Waals surface area contributed by atoms with Gasteiger partial charge in [-0.2, -0.15) is 18.2 Å². The number of nitrogens with zero attached hydrogens (tertiary/aromatic N) is 2. The van der Waals surface area contributed by atoms with Crippen LogP contribution in [0.3, 0.4) is 0 Å². The van der Waals surface area contributed by atoms with Gasteiger partial charge in [0.25, 0.3) is 0 Å². The molecule has 1 aromatic heterocycles. The highest BCUT2D eigenvalue weighted by molar-refractivity contribution is 6.28. The third kappa shape index (κ3) is 3.31. The molecule has 0 unspecified atom stereocenters. The summed E-state index contributed by atoms with van der Waals surface area (Å²) in [5.41, 5.74) is -1.26. The number of hydrogen-bond donors (Lipinski definition) is 0. The van der Waals surface area contributed by atoms with E-state index in [0.29, 0.717) is 6.07 Å². The molecule has 0 aliphatic rings. The summed E-state index contributed by atoms with van der Waals surface area (Å²) in [4.78, 5) is 6.47. The first-order valence-corrected chi connectivity index (χ1v) is 5.28. The zero-order valence-electron chi connectivity index (χ0n) is 9.08. The second-order valence-corrected chi connectivity index (χ2v) is 3.73. The van der Waals surface area contributed by atoms with Crippen molar-refractivity contribution in [2.24, 2.45) is 0 Å². The standard InChI is InChI=1S/C11H5ClF4N2O/c12-10-17-8(11(14,15)16)5-9(18-10)19-7-4-2-1-3-6(7)13/h1-5H. The maximum absolute atomic E-state index is 13.3. The molecular formula is C11H5ClF4N2O. The van der Waals surface area contributed by atoms with Gasteiger partial charge < -0.3 is 4.74 Å². The number of halogens is 5. The molecule has 0 spiro atoms. The Morgan fingerprint density at radius 3 is 2.42 bits per heavy atom. The average Bonchev–Trinajstić information content (AvgIpc) is 2.30. The first-order chi connectivity index (χ1) is 8.86. The van der Waals surface area contributed by atoms with E-state index in [1.807, 2.05) is 0 Å². The van der Waals surface area contributed by atoms with Crippen LogP contribution in [-0.4, -0.2) is 9.97 Å². The zero-order chi connectivity index (χ0) is 14.0. The third-order valence-electron chi connectivity index (χ3n) is 2.02. The summed E-state index contributed by atoms with van der Waals surface area (Å²) in [6, 6.07) is 5.77. The molecule has 2 aromatic rings. The summed E-state index contributed by atoms with van der Waals surface area (Å²) in [7, 11) is 0. The van der Waals surface area contributed by atoms with E-state index < -0.39 is 28.9 Å². The van der Waals surface area contributed by atoms with Gasteiger partial charge in [0.2, 0.25) is 11.2 Å². The molecule has 0 saturated heterocycles. The fraction of sp³-hybridized carbons (Fsp3) is 0.0909. The van der Waals surface area contributed by atoms with E-state index in [-0.39, 0.29) is 5.75 Å². The maximum atomic E-state index is 13.3. The molecule has 0 saturated carbocycles. The molecule has 0 amide bonds. The van der Waals surface area contributed by atoms with Crippen LogP contribution in [0.5, 0.6) is 11.6 Å². The average molecular weight is 293 g/mol. The molecular weight excluding hydrogens is 288 g/mol. The lowest BCUT2D eigenvalue weighted by molar-refractivity contribution is -0.141. The highest BCUT2D eigenvalue weighted by atomic mass is 35.5. The van der Waals surface area contributed by atoms with Crippen LogP contribution in [0.1, 0.15) is 5.69 Å². The maximum Gasteiger partial charge on any atom is 0.433 e. The third-order valence-corrected chi connectivity index (χ3v) is 2.19. The minimum Gasteiger partial charge on any atom is -0.436 e. The normalized spacial score (nSPS) is 11.4. The van der Waals surface area contributed by atoms with Crippen molar-refractivity contribution in [1.82, 2.24) is 9.97 Å². The molecule has 1 aromatic carbocycles. The van der Waals surface area contributed by atoms with Gasteiger partial charge in [-0.1, -0.05) is 12.1 Å². The number of alkyl halides is 3. The Balaban J connectivity index is 2.36. The largest absolute Gasteiger partial charge is 0.436 e. The van der Waals surface area contributed by atoms with Gasteiger partial charge in [0.15, 0.2) is 17.3 Å². The Morgan fingerprint density at radius 1 is 1.11 bits per heavy atom. The van der Waals surface area contributed by atoms with Crippen LogP contribution < -0.4 is 4.74 Å². The van der Waals surface area contributed by atoms with Crippen LogP contribution in [0, 0.1) is 5.82 Å². The molecule has 0 radical (unpaired) electrons. The number of benzene rings is 1. The fourth-order valence-electron chi connectivity index (χ4n) is 1.23. The van der Waals surface area contributed by atoms with E-state index >= 15 is 0 Å². The Labute approximate surface area is 109 Å². The van der Waals surface area contributed by atoms with E-state index in [1.54, 1.807) is 0 Å². The van der Waals surface area contributed by atoms with E-state index in [1.165, 1.54) is 18.2 Å². The fourth-order valence-corrected chi connectivity index (χ4v) is 1.41. The van der Waals surface area contributed by atoms with Gasteiger partial charge in [0, 0.05) is 6.07 Å². The number of hydrogen-bond acceptors (Lipinski definition) is 3. The lowest BCUT2D eigenvalue weighted by Gasteiger charge is -2.09. The minimum absolute atomic E-state index is 0.259. The van der Waals surface area contributed by atoms with Crippen LogP contribution in [0.2, 0.25) is 5.28 Å². The highest BCUT2D eigenvalue weighted by Gasteiger charge is 2.34. The molecule has 2 rings (SSSR count). The van der Waals surface area contributed by atoms with Gasteiger partial charge >= 0.3 is 6.18 Å². The second kappa shape index (κ2) is 5.00. The van der Waals surface area contributed by atoms with Crippen molar-refractivity contribution in [3.05, 3.63) is 47.1 Å². The summed E-state index contributed by atoms with van der Waals surface area (Å²) in [5, 5.41) is -0.638. The van der Waals surface area contributed by atoms with Gasteiger partial charge in [-0.05, 0) is 23.7 Å². The molecule has 0 bridgehead atoms. The Hall–Kier alpha value is -1.89. The molecule has 0 N–H and O–H groups in total. The lowest BCUT2D eigenvalue weighted by atomic mass is 10.3. The summed E-state index contributed by atoms with van der Waals surface area (Å²) in [5.74, 6) is -1.48. The minimum atomic E-state index is -4.69. The van der Waals surface area contributed by atoms with Gasteiger partial charge in [-0.15, -0.1) is 0 Å². The molecule has 0 fully saturated rings. The number of ether oxygens (including phenoxy) is 1. The monoisotopic (exact) mass is 292 g/mol. The topological polar surface area (TPSA) is 35.0 Å². The predicted molar refractivity (Wildman–Crippen MR) is 58.5 cm³/mol. The van der Waals surface area contributed by atoms with Crippen molar-refractivity contribution in [3.8, 4) is 11.6 Å². The highest BCUT2D eigenvalue weighted by Crippen LogP contribution is 2.31. The van der Waals surface area contributed by atoms with Gasteiger partial charge in [0.1, 0.15) is 0 Å². The first kappa shape index (κ1) is 13.5. The molecule has 0 aliphatic carbocycles. The van der Waals surface area contributed by atoms with E-state index in [2.05, 4.69) is 9.97 Å². The lowest BCUT2D eigenvalue weighted by Crippen LogP contribution is -2.09. The van der Waals surface area contributed by atoms with Crippen LogP contribution in [0.4, 0.5) is 17.6 Å². The Morgan fingerprint density at radius 2 is 1.79 bits per heavy atom. The van der Waals surface area contributed by atoms with E-state index in [4.69, 9.17) is 16.3 Å². The molecule has 3 nitrogen and oxygen atoms in total.